The van der Waals surface area contributed by atoms with Crippen molar-refractivity contribution in [3.63, 3.8) is 0 Å². The fourth-order valence-electron chi connectivity index (χ4n) is 3.58. The van der Waals surface area contributed by atoms with Crippen LogP contribution in [0.5, 0.6) is 0 Å². The minimum atomic E-state index is -3.77. The summed E-state index contributed by atoms with van der Waals surface area (Å²) in [4.78, 5) is 0.214. The molecule has 27 heavy (non-hydrogen) atoms. The smallest absolute Gasteiger partial charge is 0.182 e. The molecule has 0 aromatic heterocycles. The van der Waals surface area contributed by atoms with E-state index in [1.54, 1.807) is 12.1 Å². The van der Waals surface area contributed by atoms with Crippen molar-refractivity contribution in [1.82, 2.24) is 0 Å². The van der Waals surface area contributed by atoms with Crippen LogP contribution >= 0.6 is 23.8 Å². The monoisotopic (exact) mass is 427 g/mol. The fourth-order valence-corrected chi connectivity index (χ4v) is 6.48. The summed E-state index contributed by atoms with van der Waals surface area (Å²) in [6, 6.07) is 11.7. The zero-order valence-electron chi connectivity index (χ0n) is 14.6. The minimum absolute atomic E-state index is 0.0767. The van der Waals surface area contributed by atoms with Crippen LogP contribution in [-0.4, -0.2) is 31.9 Å². The van der Waals surface area contributed by atoms with Crippen LogP contribution in [0.2, 0.25) is 5.02 Å². The van der Waals surface area contributed by atoms with Gasteiger partial charge in [0, 0.05) is 17.5 Å². The second-order valence-corrected chi connectivity index (χ2v) is 9.44. The molecule has 0 bridgehead atoms. The predicted octanol–water partition coefficient (Wildman–Crippen LogP) is 3.73. The number of rotatable bonds is 7. The summed E-state index contributed by atoms with van der Waals surface area (Å²) >= 11 is 11.1. The normalized spacial score (nSPS) is 24.6. The molecule has 2 aromatic carbocycles. The summed E-state index contributed by atoms with van der Waals surface area (Å²) < 4.78 is 45.6. The van der Waals surface area contributed by atoms with Crippen molar-refractivity contribution in [3.05, 3.63) is 64.9 Å². The maximum Gasteiger partial charge on any atom is 0.182 e. The Labute approximate surface area is 168 Å². The highest BCUT2D eigenvalue weighted by Gasteiger charge is 2.73. The first kappa shape index (κ1) is 20.2. The Hall–Kier alpha value is -1.54. The van der Waals surface area contributed by atoms with Crippen molar-refractivity contribution >= 4 is 38.6 Å². The second-order valence-electron chi connectivity index (χ2n) is 6.49. The summed E-state index contributed by atoms with van der Waals surface area (Å²) in [5.41, 5.74) is 5.63. The van der Waals surface area contributed by atoms with E-state index in [4.69, 9.17) is 34.3 Å². The molecular formula is C19H19ClFNO3S2. The predicted molar refractivity (Wildman–Crippen MR) is 107 cm³/mol. The maximum atomic E-state index is 13.4. The van der Waals surface area contributed by atoms with Gasteiger partial charge in [-0.05, 0) is 48.9 Å². The lowest BCUT2D eigenvalue weighted by Crippen LogP contribution is -2.33. The molecular weight excluding hydrogens is 409 g/mol. The zero-order valence-corrected chi connectivity index (χ0v) is 17.0. The lowest BCUT2D eigenvalue weighted by Gasteiger charge is -2.17. The average Bonchev–Trinajstić information content (AvgIpc) is 3.32. The van der Waals surface area contributed by atoms with Crippen molar-refractivity contribution in [3.8, 4) is 0 Å². The minimum Gasteiger partial charge on any atom is -0.393 e. The van der Waals surface area contributed by atoms with E-state index in [0.717, 1.165) is 0 Å². The van der Waals surface area contributed by atoms with Gasteiger partial charge in [0.2, 0.25) is 0 Å². The Morgan fingerprint density at radius 1 is 1.22 bits per heavy atom. The highest BCUT2D eigenvalue weighted by molar-refractivity contribution is 7.92. The topological polar surface area (TPSA) is 69.4 Å². The summed E-state index contributed by atoms with van der Waals surface area (Å²) in [6.07, 6.45) is 0. The molecule has 2 N–H and O–H groups in total. The number of thiocarbonyl (C=S) groups is 1. The SMILES string of the molecule is CCOC[C@]1(C(N)=S)[C@H](c2ccc(F)cc2)[C@H]1S(=O)(=O)c1ccc(Cl)cc1. The second kappa shape index (κ2) is 7.47. The van der Waals surface area contributed by atoms with Crippen molar-refractivity contribution in [2.75, 3.05) is 13.2 Å². The molecule has 0 saturated heterocycles. The van der Waals surface area contributed by atoms with E-state index in [2.05, 4.69) is 0 Å². The van der Waals surface area contributed by atoms with Gasteiger partial charge in [0.05, 0.1) is 27.2 Å². The van der Waals surface area contributed by atoms with Crippen molar-refractivity contribution < 1.29 is 17.5 Å². The number of ether oxygens (including phenoxy) is 1. The van der Waals surface area contributed by atoms with Gasteiger partial charge in [-0.1, -0.05) is 36.0 Å². The zero-order chi connectivity index (χ0) is 19.8. The summed E-state index contributed by atoms with van der Waals surface area (Å²) in [5, 5.41) is -0.449. The number of hydrogen-bond donors (Lipinski definition) is 1. The fraction of sp³-hybridized carbons (Fsp3) is 0.316. The third-order valence-corrected chi connectivity index (χ3v) is 7.89. The molecule has 3 rings (SSSR count). The van der Waals surface area contributed by atoms with E-state index in [1.165, 1.54) is 36.4 Å². The molecule has 1 aliphatic rings. The van der Waals surface area contributed by atoms with Gasteiger partial charge in [-0.25, -0.2) is 12.8 Å². The third-order valence-electron chi connectivity index (χ3n) is 4.97. The quantitative estimate of drug-likeness (QED) is 0.682. The number of benzene rings is 2. The van der Waals surface area contributed by atoms with E-state index >= 15 is 0 Å². The van der Waals surface area contributed by atoms with Gasteiger partial charge in [-0.15, -0.1) is 0 Å². The van der Waals surface area contributed by atoms with Crippen LogP contribution in [0, 0.1) is 11.2 Å². The number of hydrogen-bond acceptors (Lipinski definition) is 4. The van der Waals surface area contributed by atoms with Gasteiger partial charge < -0.3 is 10.5 Å². The van der Waals surface area contributed by atoms with E-state index in [9.17, 15) is 12.8 Å². The Morgan fingerprint density at radius 3 is 2.33 bits per heavy atom. The highest BCUT2D eigenvalue weighted by Crippen LogP contribution is 2.64. The van der Waals surface area contributed by atoms with E-state index in [0.29, 0.717) is 17.2 Å². The Bertz CT molecular complexity index is 948. The van der Waals surface area contributed by atoms with Gasteiger partial charge in [0.1, 0.15) is 5.82 Å². The highest BCUT2D eigenvalue weighted by atomic mass is 35.5. The van der Waals surface area contributed by atoms with Crippen LogP contribution in [0.1, 0.15) is 18.4 Å². The van der Waals surface area contributed by atoms with Gasteiger partial charge in [0.15, 0.2) is 9.84 Å². The number of halogens is 2. The first-order valence-electron chi connectivity index (χ1n) is 8.37. The molecule has 0 unspecified atom stereocenters. The molecule has 8 heteroatoms. The molecule has 2 aromatic rings. The molecule has 1 saturated carbocycles. The van der Waals surface area contributed by atoms with Crippen LogP contribution < -0.4 is 5.73 Å². The van der Waals surface area contributed by atoms with Gasteiger partial charge in [0.25, 0.3) is 0 Å². The van der Waals surface area contributed by atoms with Gasteiger partial charge >= 0.3 is 0 Å². The molecule has 0 spiro atoms. The lowest BCUT2D eigenvalue weighted by molar-refractivity contribution is 0.121. The van der Waals surface area contributed by atoms with Gasteiger partial charge in [-0.3, -0.25) is 0 Å². The van der Waals surface area contributed by atoms with Crippen LogP contribution in [0.25, 0.3) is 0 Å². The largest absolute Gasteiger partial charge is 0.393 e. The lowest BCUT2D eigenvalue weighted by atomic mass is 10.00. The molecule has 3 atom stereocenters. The molecule has 0 radical (unpaired) electrons. The Morgan fingerprint density at radius 2 is 1.81 bits per heavy atom. The maximum absolute atomic E-state index is 13.4. The van der Waals surface area contributed by atoms with Gasteiger partial charge in [-0.2, -0.15) is 0 Å². The van der Waals surface area contributed by atoms with Crippen LogP contribution in [0.4, 0.5) is 4.39 Å². The third kappa shape index (κ3) is 3.49. The van der Waals surface area contributed by atoms with Crippen LogP contribution in [0.15, 0.2) is 53.4 Å². The van der Waals surface area contributed by atoms with Crippen LogP contribution in [0.3, 0.4) is 0 Å². The van der Waals surface area contributed by atoms with E-state index in [1.807, 2.05) is 6.92 Å². The molecule has 144 valence electrons. The van der Waals surface area contributed by atoms with Crippen LogP contribution in [-0.2, 0) is 14.6 Å². The molecule has 1 fully saturated rings. The Balaban J connectivity index is 2.10. The summed E-state index contributed by atoms with van der Waals surface area (Å²) in [5.74, 6) is -0.912. The van der Waals surface area contributed by atoms with Crippen molar-refractivity contribution in [2.24, 2.45) is 11.1 Å². The van der Waals surface area contributed by atoms with Crippen molar-refractivity contribution in [1.29, 1.82) is 0 Å². The van der Waals surface area contributed by atoms with E-state index in [-0.39, 0.29) is 16.5 Å². The first-order valence-corrected chi connectivity index (χ1v) is 10.7. The van der Waals surface area contributed by atoms with E-state index < -0.39 is 32.2 Å². The first-order chi connectivity index (χ1) is 12.7. The molecule has 1 aliphatic carbocycles. The molecule has 0 heterocycles. The number of nitrogens with two attached hydrogens (primary N) is 1. The Kier molecular flexibility index (Phi) is 5.59. The van der Waals surface area contributed by atoms with Crippen molar-refractivity contribution in [2.45, 2.75) is 23.0 Å². The standard InChI is InChI=1S/C19H19ClFNO3S2/c1-2-25-11-19(18(22)26)16(12-3-7-14(21)8-4-12)17(19)27(23,24)15-9-5-13(20)6-10-15/h3-10,16-17H,2,11H2,1H3,(H2,22,26)/t16-,17-,19+/m1/s1. The summed E-state index contributed by atoms with van der Waals surface area (Å²) in [6.45, 7) is 2.29. The summed E-state index contributed by atoms with van der Waals surface area (Å²) in [7, 11) is -3.77. The molecule has 0 amide bonds. The molecule has 4 nitrogen and oxygen atoms in total. The molecule has 0 aliphatic heterocycles. The average molecular weight is 428 g/mol. The number of sulfone groups is 1.